The number of aromatic nitrogens is 2. The maximum absolute atomic E-state index is 12.6. The summed E-state index contributed by atoms with van der Waals surface area (Å²) in [6, 6.07) is 8.55. The third-order valence-electron chi connectivity index (χ3n) is 6.80. The van der Waals surface area contributed by atoms with Gasteiger partial charge in [0.2, 0.25) is 0 Å². The SMILES string of the molecule is CCC(C)[Si](C)(C)O[C@H]1C[C@H](n2cc(C)c(=O)[nH]c2=O)O[C@]1(CO)COC(=O)c1ccccc1. The molecule has 0 bridgehead atoms. The second-order valence-electron chi connectivity index (χ2n) is 9.47. The number of carbonyl (C=O) groups excluding carboxylic acids is 1. The van der Waals surface area contributed by atoms with E-state index in [0.29, 0.717) is 16.7 Å². The van der Waals surface area contributed by atoms with Gasteiger partial charge in [-0.25, -0.2) is 9.59 Å². The molecule has 2 N–H and O–H groups in total. The van der Waals surface area contributed by atoms with Gasteiger partial charge in [-0.1, -0.05) is 38.5 Å². The van der Waals surface area contributed by atoms with Gasteiger partial charge in [0, 0.05) is 18.2 Å². The minimum atomic E-state index is -2.24. The molecule has 2 heterocycles. The second-order valence-corrected chi connectivity index (χ2v) is 13.9. The van der Waals surface area contributed by atoms with E-state index < -0.39 is 50.1 Å². The Labute approximate surface area is 199 Å². The van der Waals surface area contributed by atoms with E-state index in [2.05, 4.69) is 31.9 Å². The van der Waals surface area contributed by atoms with Crippen molar-refractivity contribution in [2.45, 2.75) is 70.2 Å². The van der Waals surface area contributed by atoms with Crippen LogP contribution >= 0.6 is 0 Å². The molecule has 1 aromatic heterocycles. The zero-order chi connectivity index (χ0) is 25.1. The topological polar surface area (TPSA) is 120 Å². The number of nitrogens with one attached hydrogen (secondary N) is 1. The van der Waals surface area contributed by atoms with Gasteiger partial charge in [0.15, 0.2) is 13.9 Å². The van der Waals surface area contributed by atoms with Crippen molar-refractivity contribution in [3.05, 3.63) is 68.5 Å². The van der Waals surface area contributed by atoms with Crippen LogP contribution in [0.4, 0.5) is 0 Å². The zero-order valence-corrected chi connectivity index (χ0v) is 21.4. The van der Waals surface area contributed by atoms with E-state index in [0.717, 1.165) is 6.42 Å². The molecule has 3 rings (SSSR count). The van der Waals surface area contributed by atoms with Crippen molar-refractivity contribution in [3.8, 4) is 0 Å². The Morgan fingerprint density at radius 1 is 1.32 bits per heavy atom. The number of H-pyrrole nitrogens is 1. The first-order valence-electron chi connectivity index (χ1n) is 11.5. The van der Waals surface area contributed by atoms with Crippen LogP contribution in [0.2, 0.25) is 18.6 Å². The maximum atomic E-state index is 12.6. The van der Waals surface area contributed by atoms with E-state index in [1.54, 1.807) is 37.3 Å². The average molecular weight is 491 g/mol. The fourth-order valence-corrected chi connectivity index (χ4v) is 6.31. The van der Waals surface area contributed by atoms with Crippen molar-refractivity contribution in [2.75, 3.05) is 13.2 Å². The summed E-state index contributed by atoms with van der Waals surface area (Å²) in [5.41, 5.74) is -1.39. The van der Waals surface area contributed by atoms with Gasteiger partial charge >= 0.3 is 11.7 Å². The van der Waals surface area contributed by atoms with Crippen LogP contribution in [0.3, 0.4) is 0 Å². The molecular formula is C24H34N2O7Si. The van der Waals surface area contributed by atoms with Crippen LogP contribution in [0.1, 0.15) is 48.8 Å². The monoisotopic (exact) mass is 490 g/mol. The number of nitrogens with zero attached hydrogens (tertiary/aromatic N) is 1. The molecule has 0 spiro atoms. The summed E-state index contributed by atoms with van der Waals surface area (Å²) in [6.45, 7) is 9.30. The van der Waals surface area contributed by atoms with Crippen molar-refractivity contribution in [1.82, 2.24) is 9.55 Å². The van der Waals surface area contributed by atoms with Crippen LogP contribution in [0.15, 0.2) is 46.1 Å². The van der Waals surface area contributed by atoms with Gasteiger partial charge < -0.3 is 19.0 Å². The summed E-state index contributed by atoms with van der Waals surface area (Å²) in [5, 5.41) is 10.5. The van der Waals surface area contributed by atoms with E-state index in [9.17, 15) is 19.5 Å². The van der Waals surface area contributed by atoms with Gasteiger partial charge in [0.25, 0.3) is 5.56 Å². The third-order valence-corrected chi connectivity index (χ3v) is 10.5. The number of esters is 1. The predicted molar refractivity (Wildman–Crippen MR) is 129 cm³/mol. The maximum Gasteiger partial charge on any atom is 0.338 e. The quantitative estimate of drug-likeness (QED) is 0.410. The van der Waals surface area contributed by atoms with Gasteiger partial charge in [-0.2, -0.15) is 0 Å². The summed E-state index contributed by atoms with van der Waals surface area (Å²) in [4.78, 5) is 39.3. The third kappa shape index (κ3) is 5.41. The fourth-order valence-electron chi connectivity index (χ4n) is 4.05. The average Bonchev–Trinajstić information content (AvgIpc) is 3.17. The predicted octanol–water partition coefficient (Wildman–Crippen LogP) is 2.74. The molecule has 2 aromatic rings. The molecule has 1 saturated heterocycles. The van der Waals surface area contributed by atoms with Crippen LogP contribution in [-0.4, -0.2) is 53.9 Å². The molecule has 0 saturated carbocycles. The van der Waals surface area contributed by atoms with E-state index in [-0.39, 0.29) is 13.0 Å². The van der Waals surface area contributed by atoms with Crippen LogP contribution < -0.4 is 11.2 Å². The van der Waals surface area contributed by atoms with Gasteiger partial charge in [-0.15, -0.1) is 0 Å². The molecule has 1 aliphatic rings. The number of aliphatic hydroxyl groups is 1. The molecule has 1 unspecified atom stereocenters. The Bertz CT molecular complexity index is 1110. The highest BCUT2D eigenvalue weighted by Crippen LogP contribution is 2.41. The van der Waals surface area contributed by atoms with E-state index in [4.69, 9.17) is 13.9 Å². The highest BCUT2D eigenvalue weighted by atomic mass is 28.4. The molecule has 4 atom stereocenters. The molecule has 0 aliphatic carbocycles. The van der Waals surface area contributed by atoms with Crippen molar-refractivity contribution in [3.63, 3.8) is 0 Å². The number of hydrogen-bond donors (Lipinski definition) is 2. The van der Waals surface area contributed by atoms with Gasteiger partial charge in [0.05, 0.1) is 18.3 Å². The second kappa shape index (κ2) is 10.4. The van der Waals surface area contributed by atoms with Gasteiger partial charge in [0.1, 0.15) is 12.8 Å². The fraction of sp³-hybridized carbons (Fsp3) is 0.542. The van der Waals surface area contributed by atoms with Crippen molar-refractivity contribution in [1.29, 1.82) is 0 Å². The molecule has 186 valence electrons. The van der Waals surface area contributed by atoms with Gasteiger partial charge in [-0.05, 0) is 37.7 Å². The zero-order valence-electron chi connectivity index (χ0n) is 20.4. The first kappa shape index (κ1) is 26.1. The lowest BCUT2D eigenvalue weighted by molar-refractivity contribution is -0.149. The lowest BCUT2D eigenvalue weighted by Crippen LogP contribution is -2.53. The van der Waals surface area contributed by atoms with E-state index in [1.165, 1.54) is 10.8 Å². The number of benzene rings is 1. The lowest BCUT2D eigenvalue weighted by Gasteiger charge is -2.38. The van der Waals surface area contributed by atoms with E-state index in [1.807, 2.05) is 0 Å². The van der Waals surface area contributed by atoms with Crippen molar-refractivity contribution < 1.29 is 23.8 Å². The molecule has 1 aromatic carbocycles. The van der Waals surface area contributed by atoms with Crippen LogP contribution in [0, 0.1) is 6.92 Å². The van der Waals surface area contributed by atoms with Crippen LogP contribution in [-0.2, 0) is 13.9 Å². The molecule has 1 fully saturated rings. The number of carbonyl (C=O) groups is 1. The minimum absolute atomic E-state index is 0.250. The molecule has 9 nitrogen and oxygen atoms in total. The molecule has 0 amide bonds. The lowest BCUT2D eigenvalue weighted by atomic mass is 9.99. The Hall–Kier alpha value is -2.53. The first-order chi connectivity index (χ1) is 16.0. The number of aryl methyl sites for hydroxylation is 1. The molecular weight excluding hydrogens is 456 g/mol. The molecule has 10 heteroatoms. The summed E-state index contributed by atoms with van der Waals surface area (Å²) in [6.07, 6.45) is 1.19. The number of aromatic amines is 1. The number of aliphatic hydroxyl groups excluding tert-OH is 1. The molecule has 1 aliphatic heterocycles. The highest BCUT2D eigenvalue weighted by Gasteiger charge is 2.53. The number of ether oxygens (including phenoxy) is 2. The van der Waals surface area contributed by atoms with Crippen LogP contribution in [0.5, 0.6) is 0 Å². The Morgan fingerprint density at radius 3 is 2.62 bits per heavy atom. The first-order valence-corrected chi connectivity index (χ1v) is 14.5. The Balaban J connectivity index is 1.93. The number of hydrogen-bond acceptors (Lipinski definition) is 7. The van der Waals surface area contributed by atoms with Crippen molar-refractivity contribution >= 4 is 14.3 Å². The summed E-state index contributed by atoms with van der Waals surface area (Å²) in [7, 11) is -2.24. The smallest absolute Gasteiger partial charge is 0.338 e. The largest absolute Gasteiger partial charge is 0.459 e. The Kier molecular flexibility index (Phi) is 7.97. The Morgan fingerprint density at radius 2 is 2.00 bits per heavy atom. The normalized spacial score (nSPS) is 23.6. The van der Waals surface area contributed by atoms with Gasteiger partial charge in [-0.3, -0.25) is 14.3 Å². The standard InChI is InChI=1S/C24H34N2O7Si/c1-6-17(3)34(4,5)33-19-12-20(26-13-16(2)21(28)25-23(26)30)32-24(19,14-27)15-31-22(29)18-10-8-7-9-11-18/h7-11,13,17,19-20,27H,6,12,14-15H2,1-5H3,(H,25,28,30)/t17?,19-,20+,24+/m0/s1. The van der Waals surface area contributed by atoms with Crippen LogP contribution in [0.25, 0.3) is 0 Å². The highest BCUT2D eigenvalue weighted by molar-refractivity contribution is 6.72. The van der Waals surface area contributed by atoms with E-state index >= 15 is 0 Å². The molecule has 0 radical (unpaired) electrons. The molecule has 34 heavy (non-hydrogen) atoms. The minimum Gasteiger partial charge on any atom is -0.459 e. The summed E-state index contributed by atoms with van der Waals surface area (Å²) in [5.74, 6) is -0.547. The summed E-state index contributed by atoms with van der Waals surface area (Å²) >= 11 is 0. The summed E-state index contributed by atoms with van der Waals surface area (Å²) < 4.78 is 19.7. The number of rotatable bonds is 9. The van der Waals surface area contributed by atoms with Crippen molar-refractivity contribution in [2.24, 2.45) is 0 Å².